The molecule has 0 radical (unpaired) electrons. The maximum absolute atomic E-state index is 12.7. The second-order valence-electron chi connectivity index (χ2n) is 11.1. The van der Waals surface area contributed by atoms with Gasteiger partial charge in [-0.05, 0) is 53.3 Å². The molecule has 1 unspecified atom stereocenters. The van der Waals surface area contributed by atoms with Crippen LogP contribution in [-0.4, -0.2) is 39.6 Å². The number of aromatic nitrogens is 2. The molecule has 0 saturated carbocycles. The molecule has 0 aliphatic heterocycles. The molecule has 3 aromatic carbocycles. The van der Waals surface area contributed by atoms with Crippen molar-refractivity contribution in [2.75, 3.05) is 6.61 Å². The fourth-order valence-corrected chi connectivity index (χ4v) is 4.75. The van der Waals surface area contributed by atoms with E-state index in [2.05, 4.69) is 36.1 Å². The number of ether oxygens (including phenoxy) is 1. The molecule has 1 aromatic heterocycles. The molecule has 0 bridgehead atoms. The molecule has 0 spiro atoms. The predicted molar refractivity (Wildman–Crippen MR) is 170 cm³/mol. The normalized spacial score (nSPS) is 11.7. The van der Waals surface area contributed by atoms with E-state index in [1.165, 1.54) is 25.7 Å². The average molecular weight is 580 g/mol. The molecule has 0 fully saturated rings. The quantitative estimate of drug-likeness (QED) is 0.140. The summed E-state index contributed by atoms with van der Waals surface area (Å²) >= 11 is 0. The summed E-state index contributed by atoms with van der Waals surface area (Å²) in [4.78, 5) is 33.7. The average Bonchev–Trinajstić information content (AvgIpc) is 3.03. The van der Waals surface area contributed by atoms with Gasteiger partial charge in [-0.3, -0.25) is 4.79 Å². The Hall–Kier alpha value is -4.52. The van der Waals surface area contributed by atoms with Crippen molar-refractivity contribution in [3.63, 3.8) is 0 Å². The molecule has 7 nitrogen and oxygen atoms in total. The maximum atomic E-state index is 12.7. The van der Waals surface area contributed by atoms with Gasteiger partial charge in [0.15, 0.2) is 5.82 Å². The van der Waals surface area contributed by atoms with Crippen molar-refractivity contribution in [3.8, 4) is 28.3 Å². The summed E-state index contributed by atoms with van der Waals surface area (Å²) in [7, 11) is 0. The largest absolute Gasteiger partial charge is 0.494 e. The van der Waals surface area contributed by atoms with Crippen molar-refractivity contribution < 1.29 is 19.4 Å². The first-order valence-corrected chi connectivity index (χ1v) is 15.1. The lowest BCUT2D eigenvalue weighted by atomic mass is 10.0. The molecule has 43 heavy (non-hydrogen) atoms. The van der Waals surface area contributed by atoms with Crippen LogP contribution in [0.15, 0.2) is 85.2 Å². The lowest BCUT2D eigenvalue weighted by Crippen LogP contribution is -2.42. The van der Waals surface area contributed by atoms with Crippen molar-refractivity contribution in [1.82, 2.24) is 15.3 Å². The second-order valence-corrected chi connectivity index (χ2v) is 11.1. The highest BCUT2D eigenvalue weighted by atomic mass is 16.5. The zero-order valence-corrected chi connectivity index (χ0v) is 25.3. The van der Waals surface area contributed by atoms with Crippen LogP contribution in [0, 0.1) is 0 Å². The first-order valence-electron chi connectivity index (χ1n) is 15.1. The molecular formula is C36H41N3O4. The summed E-state index contributed by atoms with van der Waals surface area (Å²) in [5.41, 5.74) is 5.07. The summed E-state index contributed by atoms with van der Waals surface area (Å²) in [6.45, 7) is 7.11. The highest BCUT2D eigenvalue weighted by Gasteiger charge is 2.21. The van der Waals surface area contributed by atoms with Crippen molar-refractivity contribution in [3.05, 3.63) is 102 Å². The molecule has 2 N–H and O–H groups in total. The molecule has 4 rings (SSSR count). The first kappa shape index (κ1) is 31.4. The van der Waals surface area contributed by atoms with Crippen LogP contribution >= 0.6 is 0 Å². The molecule has 1 heterocycles. The minimum absolute atomic E-state index is 0.157. The molecule has 1 atom stereocenters. The van der Waals surface area contributed by atoms with E-state index >= 15 is 0 Å². The summed E-state index contributed by atoms with van der Waals surface area (Å²) in [6, 6.07) is 21.6. The van der Waals surface area contributed by atoms with Crippen LogP contribution in [0.5, 0.6) is 5.75 Å². The molecule has 224 valence electrons. The van der Waals surface area contributed by atoms with Crippen molar-refractivity contribution in [2.24, 2.45) is 0 Å². The van der Waals surface area contributed by atoms with Gasteiger partial charge in [0.1, 0.15) is 11.8 Å². The Balaban J connectivity index is 1.32. The van der Waals surface area contributed by atoms with Gasteiger partial charge in [0.25, 0.3) is 5.91 Å². The Morgan fingerprint density at radius 3 is 2.02 bits per heavy atom. The van der Waals surface area contributed by atoms with Gasteiger partial charge in [0.05, 0.1) is 6.61 Å². The number of carboxylic acids is 1. The van der Waals surface area contributed by atoms with Crippen LogP contribution in [0.1, 0.15) is 80.3 Å². The number of unbranched alkanes of at least 4 members (excludes halogenated alkanes) is 4. The Bertz CT molecular complexity index is 1450. The third-order valence-electron chi connectivity index (χ3n) is 7.45. The number of benzene rings is 3. The minimum Gasteiger partial charge on any atom is -0.494 e. The zero-order valence-electron chi connectivity index (χ0n) is 25.3. The van der Waals surface area contributed by atoms with Crippen LogP contribution < -0.4 is 10.1 Å². The van der Waals surface area contributed by atoms with Crippen LogP contribution in [0.4, 0.5) is 0 Å². The van der Waals surface area contributed by atoms with Crippen LogP contribution in [0.25, 0.3) is 22.5 Å². The van der Waals surface area contributed by atoms with Gasteiger partial charge >= 0.3 is 5.97 Å². The number of aliphatic carboxylic acids is 1. The Labute approximate surface area is 254 Å². The second kappa shape index (κ2) is 15.6. The summed E-state index contributed by atoms with van der Waals surface area (Å²) < 4.78 is 5.87. The molecule has 0 saturated heterocycles. The SMILES string of the molecule is CCCCCCCOc1ccc(-c2cnc(-c3ccc(CC(NC(=O)c4ccc(C(C)C)cc4)C(=O)O)cc3)nc2)cc1. The van der Waals surface area contributed by atoms with Gasteiger partial charge in [-0.2, -0.15) is 0 Å². The number of hydrogen-bond donors (Lipinski definition) is 2. The van der Waals surface area contributed by atoms with E-state index in [0.717, 1.165) is 46.6 Å². The summed E-state index contributed by atoms with van der Waals surface area (Å²) in [6.07, 6.45) is 9.81. The number of nitrogens with zero attached hydrogens (tertiary/aromatic N) is 2. The number of amides is 1. The van der Waals surface area contributed by atoms with Gasteiger partial charge in [-0.25, -0.2) is 14.8 Å². The number of nitrogens with one attached hydrogen (secondary N) is 1. The van der Waals surface area contributed by atoms with Crippen LogP contribution in [0.2, 0.25) is 0 Å². The lowest BCUT2D eigenvalue weighted by molar-refractivity contribution is -0.139. The van der Waals surface area contributed by atoms with E-state index in [9.17, 15) is 14.7 Å². The fraction of sp³-hybridized carbons (Fsp3) is 0.333. The standard InChI is InChI=1S/C36H41N3O4/c1-4-5-6-7-8-21-43-32-19-17-28(18-20-32)31-23-37-34(38-24-31)29-11-9-26(10-12-29)22-33(36(41)42)39-35(40)30-15-13-27(14-16-30)25(2)3/h9-20,23-25,33H,4-8,21-22H2,1-3H3,(H,39,40)(H,41,42). The van der Waals surface area contributed by atoms with Gasteiger partial charge in [-0.1, -0.05) is 95.0 Å². The summed E-state index contributed by atoms with van der Waals surface area (Å²) in [5, 5.41) is 12.4. The molecule has 7 heteroatoms. The van der Waals surface area contributed by atoms with Crippen molar-refractivity contribution in [1.29, 1.82) is 0 Å². The van der Waals surface area contributed by atoms with E-state index in [1.54, 1.807) is 24.5 Å². The van der Waals surface area contributed by atoms with E-state index in [0.29, 0.717) is 17.3 Å². The number of carboxylic acid groups (broad SMARTS) is 1. The third kappa shape index (κ3) is 9.23. The van der Waals surface area contributed by atoms with E-state index < -0.39 is 17.9 Å². The number of rotatable bonds is 15. The van der Waals surface area contributed by atoms with Crippen LogP contribution in [0.3, 0.4) is 0 Å². The first-order chi connectivity index (χ1) is 20.8. The summed E-state index contributed by atoms with van der Waals surface area (Å²) in [5.74, 6) is 0.292. The minimum atomic E-state index is -1.09. The molecule has 1 amide bonds. The lowest BCUT2D eigenvalue weighted by Gasteiger charge is -2.15. The maximum Gasteiger partial charge on any atom is 0.326 e. The molecule has 0 aliphatic carbocycles. The van der Waals surface area contributed by atoms with E-state index in [-0.39, 0.29) is 6.42 Å². The zero-order chi connectivity index (χ0) is 30.6. The number of carbonyl (C=O) groups excluding carboxylic acids is 1. The Kier molecular flexibility index (Phi) is 11.4. The van der Waals surface area contributed by atoms with Crippen molar-refractivity contribution >= 4 is 11.9 Å². The van der Waals surface area contributed by atoms with Gasteiger partial charge in [-0.15, -0.1) is 0 Å². The van der Waals surface area contributed by atoms with Crippen molar-refractivity contribution in [2.45, 2.75) is 71.3 Å². The van der Waals surface area contributed by atoms with Crippen LogP contribution in [-0.2, 0) is 11.2 Å². The van der Waals surface area contributed by atoms with E-state index in [4.69, 9.17) is 4.74 Å². The van der Waals surface area contributed by atoms with E-state index in [1.807, 2.05) is 60.7 Å². The molecular weight excluding hydrogens is 538 g/mol. The molecule has 0 aliphatic rings. The predicted octanol–water partition coefficient (Wildman–Crippen LogP) is 7.71. The number of carbonyl (C=O) groups is 2. The monoisotopic (exact) mass is 579 g/mol. The highest BCUT2D eigenvalue weighted by molar-refractivity contribution is 5.96. The molecule has 4 aromatic rings. The number of hydrogen-bond acceptors (Lipinski definition) is 5. The smallest absolute Gasteiger partial charge is 0.326 e. The fourth-order valence-electron chi connectivity index (χ4n) is 4.75. The van der Waals surface area contributed by atoms with Gasteiger partial charge < -0.3 is 15.2 Å². The van der Waals surface area contributed by atoms with Gasteiger partial charge in [0, 0.05) is 35.5 Å². The topological polar surface area (TPSA) is 101 Å². The Morgan fingerprint density at radius 1 is 0.791 bits per heavy atom. The highest BCUT2D eigenvalue weighted by Crippen LogP contribution is 2.24. The third-order valence-corrected chi connectivity index (χ3v) is 7.45. The Morgan fingerprint density at radius 2 is 1.42 bits per heavy atom. The van der Waals surface area contributed by atoms with Gasteiger partial charge in [0.2, 0.25) is 0 Å².